The molecule has 0 spiro atoms. The number of nitrogens with one attached hydrogen (secondary N) is 1. The predicted molar refractivity (Wildman–Crippen MR) is 119 cm³/mol. The van der Waals surface area contributed by atoms with E-state index in [0.29, 0.717) is 5.56 Å². The minimum Gasteiger partial charge on any atom is -0.357 e. The molecule has 0 saturated carbocycles. The lowest BCUT2D eigenvalue weighted by atomic mass is 10.1. The molecule has 2 aromatic carbocycles. The van der Waals surface area contributed by atoms with Gasteiger partial charge in [0.1, 0.15) is 18.4 Å². The lowest BCUT2D eigenvalue weighted by Gasteiger charge is -2.31. The fourth-order valence-electron chi connectivity index (χ4n) is 2.87. The number of carbonyl (C=O) groups is 2. The molecule has 0 aliphatic heterocycles. The molecule has 0 aromatic heterocycles. The molecule has 7 nitrogen and oxygen atoms in total. The quantitative estimate of drug-likeness (QED) is 0.617. The summed E-state index contributed by atoms with van der Waals surface area (Å²) in [6.45, 7) is 0.904. The molecule has 2 amide bonds. The topological polar surface area (TPSA) is 86.8 Å². The summed E-state index contributed by atoms with van der Waals surface area (Å²) in [6, 6.07) is 8.70. The van der Waals surface area contributed by atoms with Gasteiger partial charge in [0.15, 0.2) is 0 Å². The highest BCUT2D eigenvalue weighted by molar-refractivity contribution is 7.92. The Morgan fingerprint density at radius 1 is 1.10 bits per heavy atom. The summed E-state index contributed by atoms with van der Waals surface area (Å²) in [6.07, 6.45) is 0.946. The van der Waals surface area contributed by atoms with Crippen molar-refractivity contribution < 1.29 is 22.4 Å². The van der Waals surface area contributed by atoms with E-state index in [4.69, 9.17) is 23.2 Å². The molecule has 1 atom stereocenters. The molecule has 11 heteroatoms. The van der Waals surface area contributed by atoms with Crippen molar-refractivity contribution in [3.8, 4) is 0 Å². The summed E-state index contributed by atoms with van der Waals surface area (Å²) in [5.41, 5.74) is 0.685. The molecule has 0 unspecified atom stereocenters. The van der Waals surface area contributed by atoms with Crippen molar-refractivity contribution in [2.24, 2.45) is 0 Å². The highest BCUT2D eigenvalue weighted by Gasteiger charge is 2.30. The van der Waals surface area contributed by atoms with Crippen LogP contribution in [-0.4, -0.2) is 51.0 Å². The summed E-state index contributed by atoms with van der Waals surface area (Å²) < 4.78 is 38.9. The van der Waals surface area contributed by atoms with Gasteiger partial charge in [0, 0.05) is 23.6 Å². The SMILES string of the molecule is CNC(=O)[C@H](C)N(Cc1ccc(F)cc1)C(=O)CN(c1cc(Cl)cc(Cl)c1)S(C)(=O)=O. The van der Waals surface area contributed by atoms with Gasteiger partial charge in [0.05, 0.1) is 11.9 Å². The van der Waals surface area contributed by atoms with Crippen molar-refractivity contribution in [1.29, 1.82) is 0 Å². The second-order valence-corrected chi connectivity index (χ2v) is 9.62. The summed E-state index contributed by atoms with van der Waals surface area (Å²) >= 11 is 12.0. The second-order valence-electron chi connectivity index (χ2n) is 6.84. The Morgan fingerprint density at radius 3 is 2.13 bits per heavy atom. The smallest absolute Gasteiger partial charge is 0.244 e. The number of hydrogen-bond acceptors (Lipinski definition) is 4. The van der Waals surface area contributed by atoms with E-state index in [1.807, 2.05) is 0 Å². The van der Waals surface area contributed by atoms with Gasteiger partial charge >= 0.3 is 0 Å². The van der Waals surface area contributed by atoms with Gasteiger partial charge in [-0.15, -0.1) is 0 Å². The molecular weight excluding hydrogens is 468 g/mol. The Bertz CT molecular complexity index is 1040. The van der Waals surface area contributed by atoms with E-state index >= 15 is 0 Å². The maximum atomic E-state index is 13.2. The van der Waals surface area contributed by atoms with E-state index < -0.39 is 40.2 Å². The molecule has 0 bridgehead atoms. The largest absolute Gasteiger partial charge is 0.357 e. The molecule has 0 aliphatic rings. The Morgan fingerprint density at radius 2 is 1.65 bits per heavy atom. The number of likely N-dealkylation sites (N-methyl/N-ethyl adjacent to an activating group) is 1. The third kappa shape index (κ3) is 6.81. The first-order valence-corrected chi connectivity index (χ1v) is 11.7. The Labute approximate surface area is 190 Å². The normalized spacial score (nSPS) is 12.2. The number of carbonyl (C=O) groups excluding carboxylic acids is 2. The number of rotatable bonds is 8. The fraction of sp³-hybridized carbons (Fsp3) is 0.300. The molecule has 0 radical (unpaired) electrons. The predicted octanol–water partition coefficient (Wildman–Crippen LogP) is 3.06. The Balaban J connectivity index is 2.40. The van der Waals surface area contributed by atoms with Crippen molar-refractivity contribution >= 4 is 50.7 Å². The van der Waals surface area contributed by atoms with Gasteiger partial charge in [-0.2, -0.15) is 0 Å². The summed E-state index contributed by atoms with van der Waals surface area (Å²) in [5, 5.41) is 2.86. The van der Waals surface area contributed by atoms with Gasteiger partial charge in [-0.05, 0) is 42.8 Å². The number of amides is 2. The van der Waals surface area contributed by atoms with Crippen LogP contribution < -0.4 is 9.62 Å². The highest BCUT2D eigenvalue weighted by Crippen LogP contribution is 2.27. The van der Waals surface area contributed by atoms with Gasteiger partial charge in [-0.1, -0.05) is 35.3 Å². The standard InChI is InChI=1S/C20H22Cl2FN3O4S/c1-13(20(28)24-2)25(11-14-4-6-17(23)7-5-14)19(27)12-26(31(3,29)30)18-9-15(21)8-16(22)10-18/h4-10,13H,11-12H2,1-3H3,(H,24,28)/t13-/m0/s1. The van der Waals surface area contributed by atoms with Crippen LogP contribution in [0.15, 0.2) is 42.5 Å². The molecule has 0 heterocycles. The monoisotopic (exact) mass is 489 g/mol. The lowest BCUT2D eigenvalue weighted by molar-refractivity contribution is -0.139. The number of nitrogens with zero attached hydrogens (tertiary/aromatic N) is 2. The van der Waals surface area contributed by atoms with Crippen LogP contribution in [0.5, 0.6) is 0 Å². The summed E-state index contributed by atoms with van der Waals surface area (Å²) in [5.74, 6) is -1.52. The number of hydrogen-bond donors (Lipinski definition) is 1. The second kappa shape index (κ2) is 10.3. The average Bonchev–Trinajstić information content (AvgIpc) is 2.68. The number of sulfonamides is 1. The van der Waals surface area contributed by atoms with Crippen molar-refractivity contribution in [3.63, 3.8) is 0 Å². The highest BCUT2D eigenvalue weighted by atomic mass is 35.5. The van der Waals surface area contributed by atoms with Crippen LogP contribution in [0.25, 0.3) is 0 Å². The first kappa shape index (κ1) is 24.9. The third-order valence-corrected chi connectivity index (χ3v) is 6.07. The van der Waals surface area contributed by atoms with E-state index in [1.54, 1.807) is 0 Å². The van der Waals surface area contributed by atoms with Crippen LogP contribution in [0.2, 0.25) is 10.0 Å². The Kier molecular flexibility index (Phi) is 8.27. The van der Waals surface area contributed by atoms with E-state index in [1.165, 1.54) is 61.3 Å². The molecule has 168 valence electrons. The van der Waals surface area contributed by atoms with Gasteiger partial charge in [-0.3, -0.25) is 13.9 Å². The van der Waals surface area contributed by atoms with Crippen LogP contribution in [0.1, 0.15) is 12.5 Å². The number of benzene rings is 2. The maximum Gasteiger partial charge on any atom is 0.244 e. The average molecular weight is 490 g/mol. The maximum absolute atomic E-state index is 13.2. The van der Waals surface area contributed by atoms with Crippen LogP contribution in [-0.2, 0) is 26.2 Å². The molecule has 0 saturated heterocycles. The van der Waals surface area contributed by atoms with E-state index in [9.17, 15) is 22.4 Å². The van der Waals surface area contributed by atoms with Gasteiger partial charge < -0.3 is 10.2 Å². The number of halogens is 3. The van der Waals surface area contributed by atoms with Crippen LogP contribution in [0.4, 0.5) is 10.1 Å². The fourth-order valence-corrected chi connectivity index (χ4v) is 4.22. The Hall–Kier alpha value is -2.36. The van der Waals surface area contributed by atoms with E-state index in [-0.39, 0.29) is 22.3 Å². The molecule has 2 aromatic rings. The molecule has 1 N–H and O–H groups in total. The zero-order valence-corrected chi connectivity index (χ0v) is 19.4. The van der Waals surface area contributed by atoms with Crippen molar-refractivity contribution in [2.75, 3.05) is 24.2 Å². The molecule has 31 heavy (non-hydrogen) atoms. The first-order chi connectivity index (χ1) is 14.4. The van der Waals surface area contributed by atoms with Crippen LogP contribution >= 0.6 is 23.2 Å². The molecular formula is C20H22Cl2FN3O4S. The molecule has 2 rings (SSSR count). The summed E-state index contributed by atoms with van der Waals surface area (Å²) in [7, 11) is -2.46. The van der Waals surface area contributed by atoms with E-state index in [2.05, 4.69) is 5.32 Å². The van der Waals surface area contributed by atoms with Crippen molar-refractivity contribution in [3.05, 3.63) is 63.9 Å². The lowest BCUT2D eigenvalue weighted by Crippen LogP contribution is -2.50. The first-order valence-electron chi connectivity index (χ1n) is 9.11. The van der Waals surface area contributed by atoms with Crippen molar-refractivity contribution in [2.45, 2.75) is 19.5 Å². The van der Waals surface area contributed by atoms with Crippen molar-refractivity contribution in [1.82, 2.24) is 10.2 Å². The minimum atomic E-state index is -3.89. The van der Waals surface area contributed by atoms with Gasteiger partial charge in [0.25, 0.3) is 0 Å². The van der Waals surface area contributed by atoms with Crippen LogP contribution in [0.3, 0.4) is 0 Å². The minimum absolute atomic E-state index is 0.0262. The number of anilines is 1. The van der Waals surface area contributed by atoms with Gasteiger partial charge in [-0.25, -0.2) is 12.8 Å². The van der Waals surface area contributed by atoms with Crippen LogP contribution in [0, 0.1) is 5.82 Å². The zero-order chi connectivity index (χ0) is 23.3. The van der Waals surface area contributed by atoms with E-state index in [0.717, 1.165) is 10.6 Å². The zero-order valence-electron chi connectivity index (χ0n) is 17.1. The summed E-state index contributed by atoms with van der Waals surface area (Å²) in [4.78, 5) is 26.6. The van der Waals surface area contributed by atoms with Gasteiger partial charge in [0.2, 0.25) is 21.8 Å². The molecule has 0 aliphatic carbocycles. The molecule has 0 fully saturated rings. The third-order valence-electron chi connectivity index (χ3n) is 4.49.